The monoisotopic (exact) mass is 223 g/mol. The number of hydrogen-bond acceptors (Lipinski definition) is 1. The zero-order valence-corrected chi connectivity index (χ0v) is 11.2. The van der Waals surface area contributed by atoms with Gasteiger partial charge in [0.25, 0.3) is 0 Å². The third-order valence-corrected chi connectivity index (χ3v) is 5.19. The van der Waals surface area contributed by atoms with Crippen LogP contribution in [-0.4, -0.2) is 13.1 Å². The quantitative estimate of drug-likeness (QED) is 0.763. The maximum atomic E-state index is 3.50. The van der Waals surface area contributed by atoms with Crippen LogP contribution in [0.1, 0.15) is 64.7 Å². The van der Waals surface area contributed by atoms with E-state index in [4.69, 9.17) is 0 Å². The van der Waals surface area contributed by atoms with Crippen LogP contribution < -0.4 is 5.32 Å². The maximum absolute atomic E-state index is 3.50. The van der Waals surface area contributed by atoms with Gasteiger partial charge < -0.3 is 5.32 Å². The molecule has 94 valence electrons. The average molecular weight is 223 g/mol. The lowest BCUT2D eigenvalue weighted by atomic mass is 9.69. The second kappa shape index (κ2) is 6.05. The van der Waals surface area contributed by atoms with Gasteiger partial charge in [-0.25, -0.2) is 0 Å². The molecule has 4 atom stereocenters. The van der Waals surface area contributed by atoms with Gasteiger partial charge >= 0.3 is 0 Å². The predicted molar refractivity (Wildman–Crippen MR) is 70.5 cm³/mol. The SMILES string of the molecule is CCC1CCCC(C2CCCC(NC)C2)C1. The van der Waals surface area contributed by atoms with Crippen molar-refractivity contribution in [3.8, 4) is 0 Å². The van der Waals surface area contributed by atoms with Crippen molar-refractivity contribution >= 4 is 0 Å². The van der Waals surface area contributed by atoms with Gasteiger partial charge in [-0.1, -0.05) is 45.4 Å². The van der Waals surface area contributed by atoms with Crippen LogP contribution in [0.2, 0.25) is 0 Å². The van der Waals surface area contributed by atoms with Gasteiger partial charge in [0.2, 0.25) is 0 Å². The molecule has 0 aromatic heterocycles. The highest BCUT2D eigenvalue weighted by Gasteiger charge is 2.31. The summed E-state index contributed by atoms with van der Waals surface area (Å²) in [6, 6.07) is 0.820. The number of rotatable bonds is 3. The van der Waals surface area contributed by atoms with Crippen molar-refractivity contribution in [1.29, 1.82) is 0 Å². The molecular weight excluding hydrogens is 194 g/mol. The fourth-order valence-corrected chi connectivity index (χ4v) is 4.05. The van der Waals surface area contributed by atoms with Gasteiger partial charge in [0.15, 0.2) is 0 Å². The van der Waals surface area contributed by atoms with Crippen LogP contribution in [0, 0.1) is 17.8 Å². The lowest BCUT2D eigenvalue weighted by Crippen LogP contribution is -2.35. The van der Waals surface area contributed by atoms with Crippen molar-refractivity contribution in [1.82, 2.24) is 5.32 Å². The minimum absolute atomic E-state index is 0.820. The molecule has 2 saturated carbocycles. The van der Waals surface area contributed by atoms with Gasteiger partial charge in [0.1, 0.15) is 0 Å². The fourth-order valence-electron chi connectivity index (χ4n) is 4.05. The van der Waals surface area contributed by atoms with Crippen molar-refractivity contribution < 1.29 is 0 Å². The molecule has 2 fully saturated rings. The molecule has 1 N–H and O–H groups in total. The Morgan fingerprint density at radius 2 is 1.62 bits per heavy atom. The molecule has 0 aromatic carbocycles. The highest BCUT2D eigenvalue weighted by atomic mass is 14.9. The molecule has 0 saturated heterocycles. The van der Waals surface area contributed by atoms with E-state index in [9.17, 15) is 0 Å². The third-order valence-electron chi connectivity index (χ3n) is 5.19. The van der Waals surface area contributed by atoms with Crippen LogP contribution in [0.3, 0.4) is 0 Å². The zero-order chi connectivity index (χ0) is 11.4. The van der Waals surface area contributed by atoms with Crippen molar-refractivity contribution in [3.05, 3.63) is 0 Å². The van der Waals surface area contributed by atoms with Crippen LogP contribution in [0.5, 0.6) is 0 Å². The molecule has 2 aliphatic rings. The average Bonchev–Trinajstić information content (AvgIpc) is 2.39. The van der Waals surface area contributed by atoms with Crippen molar-refractivity contribution in [2.75, 3.05) is 7.05 Å². The summed E-state index contributed by atoms with van der Waals surface area (Å²) in [4.78, 5) is 0. The molecule has 2 aliphatic carbocycles. The molecule has 0 aliphatic heterocycles. The Hall–Kier alpha value is -0.0400. The van der Waals surface area contributed by atoms with Gasteiger partial charge in [-0.15, -0.1) is 0 Å². The molecule has 1 nitrogen and oxygen atoms in total. The van der Waals surface area contributed by atoms with E-state index in [-0.39, 0.29) is 0 Å². The standard InChI is InChI=1S/C15H29N/c1-3-12-6-4-7-13(10-12)14-8-5-9-15(11-14)16-2/h12-16H,3-11H2,1-2H3. The summed E-state index contributed by atoms with van der Waals surface area (Å²) in [6.45, 7) is 2.38. The van der Waals surface area contributed by atoms with Crippen LogP contribution >= 0.6 is 0 Å². The Bertz CT molecular complexity index is 180. The van der Waals surface area contributed by atoms with Crippen molar-refractivity contribution in [2.24, 2.45) is 17.8 Å². The van der Waals surface area contributed by atoms with E-state index in [1.165, 1.54) is 57.8 Å². The topological polar surface area (TPSA) is 12.0 Å². The summed E-state index contributed by atoms with van der Waals surface area (Å²) in [5, 5.41) is 3.50. The first-order valence-electron chi connectivity index (χ1n) is 7.50. The minimum atomic E-state index is 0.820. The summed E-state index contributed by atoms with van der Waals surface area (Å²) < 4.78 is 0. The second-order valence-corrected chi connectivity index (χ2v) is 6.11. The molecule has 0 heterocycles. The van der Waals surface area contributed by atoms with Crippen molar-refractivity contribution in [2.45, 2.75) is 70.8 Å². The third kappa shape index (κ3) is 3.00. The molecule has 0 radical (unpaired) electrons. The van der Waals surface area contributed by atoms with Crippen LogP contribution in [0.25, 0.3) is 0 Å². The lowest BCUT2D eigenvalue weighted by molar-refractivity contribution is 0.143. The Morgan fingerprint density at radius 3 is 2.31 bits per heavy atom. The molecular formula is C15H29N. The van der Waals surface area contributed by atoms with Gasteiger partial charge in [-0.2, -0.15) is 0 Å². The maximum Gasteiger partial charge on any atom is 0.00668 e. The summed E-state index contributed by atoms with van der Waals surface area (Å²) in [5.74, 6) is 3.16. The van der Waals surface area contributed by atoms with E-state index in [0.29, 0.717) is 0 Å². The highest BCUT2D eigenvalue weighted by Crippen LogP contribution is 2.40. The largest absolute Gasteiger partial charge is 0.317 e. The van der Waals surface area contributed by atoms with E-state index >= 15 is 0 Å². The van der Waals surface area contributed by atoms with E-state index in [1.54, 1.807) is 0 Å². The van der Waals surface area contributed by atoms with E-state index in [1.807, 2.05) is 0 Å². The first-order chi connectivity index (χ1) is 7.83. The molecule has 0 amide bonds. The highest BCUT2D eigenvalue weighted by molar-refractivity contribution is 4.84. The minimum Gasteiger partial charge on any atom is -0.317 e. The van der Waals surface area contributed by atoms with Gasteiger partial charge in [-0.05, 0) is 44.1 Å². The molecule has 0 spiro atoms. The first kappa shape index (κ1) is 12.4. The summed E-state index contributed by atoms with van der Waals surface area (Å²) in [5.41, 5.74) is 0. The van der Waals surface area contributed by atoms with Gasteiger partial charge in [0.05, 0.1) is 0 Å². The molecule has 4 unspecified atom stereocenters. The van der Waals surface area contributed by atoms with E-state index in [2.05, 4.69) is 19.3 Å². The van der Waals surface area contributed by atoms with Gasteiger partial charge in [0, 0.05) is 6.04 Å². The predicted octanol–water partition coefficient (Wildman–Crippen LogP) is 3.98. The Labute approximate surface area is 101 Å². The van der Waals surface area contributed by atoms with Crippen LogP contribution in [0.15, 0.2) is 0 Å². The summed E-state index contributed by atoms with van der Waals surface area (Å²) in [7, 11) is 2.14. The normalized spacial score (nSPS) is 40.9. The smallest absolute Gasteiger partial charge is 0.00668 e. The van der Waals surface area contributed by atoms with Crippen molar-refractivity contribution in [3.63, 3.8) is 0 Å². The first-order valence-corrected chi connectivity index (χ1v) is 7.50. The summed E-state index contributed by atoms with van der Waals surface area (Å²) >= 11 is 0. The molecule has 2 rings (SSSR count). The molecule has 0 bridgehead atoms. The second-order valence-electron chi connectivity index (χ2n) is 6.11. The van der Waals surface area contributed by atoms with Gasteiger partial charge in [-0.3, -0.25) is 0 Å². The zero-order valence-electron chi connectivity index (χ0n) is 11.2. The fraction of sp³-hybridized carbons (Fsp3) is 1.00. The molecule has 16 heavy (non-hydrogen) atoms. The molecule has 0 aromatic rings. The number of hydrogen-bond donors (Lipinski definition) is 1. The van der Waals surface area contributed by atoms with Crippen LogP contribution in [0.4, 0.5) is 0 Å². The molecule has 1 heteroatoms. The van der Waals surface area contributed by atoms with E-state index < -0.39 is 0 Å². The Balaban J connectivity index is 1.85. The van der Waals surface area contributed by atoms with Crippen LogP contribution in [-0.2, 0) is 0 Å². The van der Waals surface area contributed by atoms with E-state index in [0.717, 1.165) is 23.8 Å². The summed E-state index contributed by atoms with van der Waals surface area (Å²) in [6.07, 6.45) is 13.3. The Kier molecular flexibility index (Phi) is 4.69. The lowest BCUT2D eigenvalue weighted by Gasteiger charge is -2.38. The Morgan fingerprint density at radius 1 is 0.938 bits per heavy atom. The number of nitrogens with one attached hydrogen (secondary N) is 1.